The second-order valence-electron chi connectivity index (χ2n) is 6.62. The second-order valence-corrected chi connectivity index (χ2v) is 6.62. The third-order valence-corrected chi connectivity index (χ3v) is 4.82. The van der Waals surface area contributed by atoms with Crippen molar-refractivity contribution in [2.75, 3.05) is 5.73 Å². The van der Waals surface area contributed by atoms with E-state index in [4.69, 9.17) is 10.8 Å². The van der Waals surface area contributed by atoms with Crippen molar-refractivity contribution in [2.45, 2.75) is 0 Å². The highest BCUT2D eigenvalue weighted by Crippen LogP contribution is 2.35. The average molecular weight is 362 g/mol. The van der Waals surface area contributed by atoms with Crippen LogP contribution in [-0.4, -0.2) is 14.6 Å². The number of fused-ring (bicyclic) bond motifs is 1. The van der Waals surface area contributed by atoms with Crippen molar-refractivity contribution >= 4 is 11.5 Å². The zero-order valence-corrected chi connectivity index (χ0v) is 15.2. The molecule has 134 valence electrons. The lowest BCUT2D eigenvalue weighted by atomic mass is 10.0. The van der Waals surface area contributed by atoms with Crippen LogP contribution >= 0.6 is 0 Å². The molecule has 0 fully saturated rings. The lowest BCUT2D eigenvalue weighted by molar-refractivity contribution is 0.948. The number of hydrogen-bond donors (Lipinski definition) is 1. The van der Waals surface area contributed by atoms with Crippen LogP contribution in [0.2, 0.25) is 0 Å². The van der Waals surface area contributed by atoms with E-state index in [9.17, 15) is 0 Å². The molecule has 0 saturated heterocycles. The van der Waals surface area contributed by atoms with E-state index >= 15 is 0 Å². The smallest absolute Gasteiger partial charge is 0.222 e. The van der Waals surface area contributed by atoms with Crippen LogP contribution in [0.1, 0.15) is 0 Å². The topological polar surface area (TPSA) is 56.2 Å². The molecule has 3 aromatic carbocycles. The van der Waals surface area contributed by atoms with Crippen LogP contribution in [0.3, 0.4) is 0 Å². The first kappa shape index (κ1) is 16.3. The van der Waals surface area contributed by atoms with E-state index in [1.807, 2.05) is 78.9 Å². The van der Waals surface area contributed by atoms with Crippen LogP contribution in [0, 0.1) is 0 Å². The summed E-state index contributed by atoms with van der Waals surface area (Å²) >= 11 is 0. The van der Waals surface area contributed by atoms with Crippen molar-refractivity contribution in [1.29, 1.82) is 0 Å². The molecular weight excluding hydrogens is 344 g/mol. The van der Waals surface area contributed by atoms with Gasteiger partial charge in [0, 0.05) is 16.7 Å². The predicted molar refractivity (Wildman–Crippen MR) is 114 cm³/mol. The van der Waals surface area contributed by atoms with Crippen molar-refractivity contribution < 1.29 is 0 Å². The summed E-state index contributed by atoms with van der Waals surface area (Å²) in [6.07, 6.45) is 0. The third-order valence-electron chi connectivity index (χ3n) is 4.82. The number of anilines is 1. The summed E-state index contributed by atoms with van der Waals surface area (Å²) in [5.41, 5.74) is 13.1. The van der Waals surface area contributed by atoms with Gasteiger partial charge >= 0.3 is 0 Å². The molecule has 5 aromatic rings. The fourth-order valence-electron chi connectivity index (χ4n) is 3.50. The Labute approximate surface area is 162 Å². The molecule has 28 heavy (non-hydrogen) atoms. The zero-order chi connectivity index (χ0) is 18.9. The van der Waals surface area contributed by atoms with Gasteiger partial charge in [-0.1, -0.05) is 91.0 Å². The number of nitrogens with zero attached hydrogens (tertiary/aromatic N) is 3. The summed E-state index contributed by atoms with van der Waals surface area (Å²) in [6, 6.07) is 32.6. The fourth-order valence-corrected chi connectivity index (χ4v) is 3.50. The molecule has 4 nitrogen and oxygen atoms in total. The summed E-state index contributed by atoms with van der Waals surface area (Å²) < 4.78 is 1.76. The SMILES string of the molecule is Nc1nc(-c2ccccc2)c2c(-c3ccccc3)cc(-c3ccccc3)nn12. The Morgan fingerprint density at radius 3 is 1.79 bits per heavy atom. The van der Waals surface area contributed by atoms with Crippen molar-refractivity contribution in [2.24, 2.45) is 0 Å². The minimum atomic E-state index is 0.379. The van der Waals surface area contributed by atoms with E-state index in [0.29, 0.717) is 5.95 Å². The van der Waals surface area contributed by atoms with Crippen molar-refractivity contribution in [3.8, 4) is 33.6 Å². The molecule has 0 spiro atoms. The van der Waals surface area contributed by atoms with Gasteiger partial charge in [0.2, 0.25) is 5.95 Å². The van der Waals surface area contributed by atoms with Gasteiger partial charge in [0.05, 0.1) is 5.69 Å². The van der Waals surface area contributed by atoms with Crippen LogP contribution in [0.4, 0.5) is 5.95 Å². The highest BCUT2D eigenvalue weighted by molar-refractivity contribution is 5.93. The first-order chi connectivity index (χ1) is 13.8. The van der Waals surface area contributed by atoms with Crippen LogP contribution in [0.15, 0.2) is 97.1 Å². The first-order valence-electron chi connectivity index (χ1n) is 9.17. The Morgan fingerprint density at radius 2 is 1.18 bits per heavy atom. The molecule has 5 rings (SSSR count). The number of nitrogen functional groups attached to an aromatic ring is 1. The summed E-state index contributed by atoms with van der Waals surface area (Å²) in [5, 5.41) is 4.81. The zero-order valence-electron chi connectivity index (χ0n) is 15.2. The molecule has 0 bridgehead atoms. The molecule has 4 heteroatoms. The number of rotatable bonds is 3. The molecule has 0 aliphatic heterocycles. The van der Waals surface area contributed by atoms with Gasteiger partial charge in [0.15, 0.2) is 0 Å². The van der Waals surface area contributed by atoms with E-state index in [2.05, 4.69) is 23.2 Å². The summed E-state index contributed by atoms with van der Waals surface area (Å²) in [7, 11) is 0. The highest BCUT2D eigenvalue weighted by atomic mass is 15.3. The van der Waals surface area contributed by atoms with E-state index in [0.717, 1.165) is 39.2 Å². The monoisotopic (exact) mass is 362 g/mol. The molecular formula is C24H18N4. The normalized spacial score (nSPS) is 11.0. The van der Waals surface area contributed by atoms with E-state index in [1.165, 1.54) is 0 Å². The quantitative estimate of drug-likeness (QED) is 0.473. The molecule has 2 N–H and O–H groups in total. The Bertz CT molecular complexity index is 1240. The molecule has 2 aromatic heterocycles. The van der Waals surface area contributed by atoms with Crippen molar-refractivity contribution in [3.05, 3.63) is 97.1 Å². The Hall–Kier alpha value is -3.92. The van der Waals surface area contributed by atoms with Crippen LogP contribution in [0.5, 0.6) is 0 Å². The number of aromatic nitrogens is 3. The largest absolute Gasteiger partial charge is 0.368 e. The minimum absolute atomic E-state index is 0.379. The van der Waals surface area contributed by atoms with Gasteiger partial charge in [-0.15, -0.1) is 0 Å². The maximum absolute atomic E-state index is 6.30. The van der Waals surface area contributed by atoms with Crippen LogP contribution in [0.25, 0.3) is 39.2 Å². The van der Waals surface area contributed by atoms with Gasteiger partial charge < -0.3 is 5.73 Å². The number of hydrogen-bond acceptors (Lipinski definition) is 3. The van der Waals surface area contributed by atoms with Gasteiger partial charge in [-0.05, 0) is 11.6 Å². The van der Waals surface area contributed by atoms with Crippen molar-refractivity contribution in [1.82, 2.24) is 14.6 Å². The maximum Gasteiger partial charge on any atom is 0.222 e. The number of imidazole rings is 1. The molecule has 2 heterocycles. The number of benzene rings is 3. The molecule has 0 aliphatic carbocycles. The second kappa shape index (κ2) is 6.67. The minimum Gasteiger partial charge on any atom is -0.368 e. The van der Waals surface area contributed by atoms with Gasteiger partial charge in [-0.2, -0.15) is 9.61 Å². The fraction of sp³-hybridized carbons (Fsp3) is 0. The standard InChI is InChI=1S/C24H18N4/c25-24-26-22(19-14-8-3-9-15-19)23-20(17-10-4-1-5-11-17)16-21(27-28(23)24)18-12-6-2-7-13-18/h1-16H,(H2,25,26). The molecule has 0 unspecified atom stereocenters. The van der Waals surface area contributed by atoms with E-state index in [1.54, 1.807) is 4.52 Å². The Morgan fingerprint density at radius 1 is 0.643 bits per heavy atom. The summed E-state index contributed by atoms with van der Waals surface area (Å²) in [6.45, 7) is 0. The van der Waals surface area contributed by atoms with Gasteiger partial charge in [-0.3, -0.25) is 0 Å². The van der Waals surface area contributed by atoms with E-state index < -0.39 is 0 Å². The molecule has 0 radical (unpaired) electrons. The Balaban J connectivity index is 1.87. The molecule has 0 amide bonds. The van der Waals surface area contributed by atoms with Gasteiger partial charge in [-0.25, -0.2) is 4.98 Å². The van der Waals surface area contributed by atoms with Crippen LogP contribution < -0.4 is 5.73 Å². The third kappa shape index (κ3) is 2.72. The molecule has 0 atom stereocenters. The van der Waals surface area contributed by atoms with E-state index in [-0.39, 0.29) is 0 Å². The molecule has 0 aliphatic rings. The lowest BCUT2D eigenvalue weighted by Gasteiger charge is -2.10. The van der Waals surface area contributed by atoms with Crippen molar-refractivity contribution in [3.63, 3.8) is 0 Å². The summed E-state index contributed by atoms with van der Waals surface area (Å²) in [4.78, 5) is 4.66. The highest BCUT2D eigenvalue weighted by Gasteiger charge is 2.18. The first-order valence-corrected chi connectivity index (χ1v) is 9.17. The number of nitrogens with two attached hydrogens (primary N) is 1. The lowest BCUT2D eigenvalue weighted by Crippen LogP contribution is -2.01. The Kier molecular flexibility index (Phi) is 3.87. The average Bonchev–Trinajstić information content (AvgIpc) is 3.11. The predicted octanol–water partition coefficient (Wildman–Crippen LogP) is 5.31. The molecule has 0 saturated carbocycles. The van der Waals surface area contributed by atoms with Gasteiger partial charge in [0.1, 0.15) is 11.2 Å². The van der Waals surface area contributed by atoms with Gasteiger partial charge in [0.25, 0.3) is 0 Å². The summed E-state index contributed by atoms with van der Waals surface area (Å²) in [5.74, 6) is 0.379. The maximum atomic E-state index is 6.30. The van der Waals surface area contributed by atoms with Crippen LogP contribution in [-0.2, 0) is 0 Å².